The average molecular weight is 185 g/mol. The highest BCUT2D eigenvalue weighted by molar-refractivity contribution is 7.80. The Hall–Kier alpha value is 0.107. The molecule has 0 aromatic heterocycles. The Morgan fingerprint density at radius 1 is 1.36 bits per heavy atom. The van der Waals surface area contributed by atoms with Crippen molar-refractivity contribution in [3.05, 3.63) is 0 Å². The van der Waals surface area contributed by atoms with Crippen molar-refractivity contribution in [3.8, 4) is 0 Å². The summed E-state index contributed by atoms with van der Waals surface area (Å²) in [6, 6.07) is 0. The van der Waals surface area contributed by atoms with E-state index >= 15 is 0 Å². The zero-order chi connectivity index (χ0) is 8.10. The third kappa shape index (κ3) is 2.91. The van der Waals surface area contributed by atoms with Gasteiger partial charge >= 0.3 is 0 Å². The van der Waals surface area contributed by atoms with E-state index in [9.17, 15) is 0 Å². The summed E-state index contributed by atoms with van der Waals surface area (Å²) < 4.78 is 5.23. The molecule has 0 N–H and O–H groups in total. The fraction of sp³-hybridized carbons (Fsp3) is 0.875. The Bertz CT molecular complexity index is 132. The van der Waals surface area contributed by atoms with Crippen LogP contribution >= 0.6 is 12.2 Å². The molecule has 0 aliphatic heterocycles. The molecule has 1 aliphatic rings. The summed E-state index contributed by atoms with van der Waals surface area (Å²) >= 11 is 5.12. The van der Waals surface area contributed by atoms with Gasteiger partial charge in [-0.25, -0.2) is 0 Å². The second-order valence-corrected chi connectivity index (χ2v) is 3.63. The molecule has 0 aromatic carbocycles. The lowest BCUT2D eigenvalue weighted by molar-refractivity contribution is 0.322. The van der Waals surface area contributed by atoms with E-state index in [2.05, 4.69) is 10.2 Å². The van der Waals surface area contributed by atoms with Crippen molar-refractivity contribution >= 4 is 27.5 Å². The van der Waals surface area contributed by atoms with Crippen molar-refractivity contribution in [2.75, 3.05) is 6.23 Å². The minimum atomic E-state index is 0.537. The Kier molecular flexibility index (Phi) is 4.08. The van der Waals surface area contributed by atoms with Crippen LogP contribution in [0.15, 0.2) is 0 Å². The zero-order valence-electron chi connectivity index (χ0n) is 6.64. The Morgan fingerprint density at radius 2 is 2.00 bits per heavy atom. The van der Waals surface area contributed by atoms with Gasteiger partial charge in [-0.1, -0.05) is 19.3 Å². The van der Waals surface area contributed by atoms with Gasteiger partial charge in [0.25, 0.3) is 0 Å². The third-order valence-corrected chi connectivity index (χ3v) is 2.75. The molecule has 0 amide bonds. The van der Waals surface area contributed by atoms with E-state index in [4.69, 9.17) is 17.0 Å². The molecule has 0 heterocycles. The molecule has 61 valence electrons. The standard InChI is InChI=1S/C8H13OSSi/c10-8(9-6-11)7-4-2-1-3-5-7/h7H,1-6H2. The van der Waals surface area contributed by atoms with E-state index < -0.39 is 0 Å². The highest BCUT2D eigenvalue weighted by atomic mass is 32.1. The molecule has 1 nitrogen and oxygen atoms in total. The first-order chi connectivity index (χ1) is 5.34. The van der Waals surface area contributed by atoms with Crippen molar-refractivity contribution in [3.63, 3.8) is 0 Å². The fourth-order valence-electron chi connectivity index (χ4n) is 1.53. The lowest BCUT2D eigenvalue weighted by Crippen LogP contribution is -2.18. The maximum atomic E-state index is 5.23. The molecule has 0 spiro atoms. The van der Waals surface area contributed by atoms with Gasteiger partial charge in [-0.05, 0) is 25.1 Å². The molecular formula is C8H13OSSi. The molecule has 1 fully saturated rings. The van der Waals surface area contributed by atoms with Gasteiger partial charge in [0.1, 0.15) is 0 Å². The third-order valence-electron chi connectivity index (χ3n) is 2.15. The predicted molar refractivity (Wildman–Crippen MR) is 50.9 cm³/mol. The molecule has 0 bridgehead atoms. The molecule has 0 unspecified atom stereocenters. The normalized spacial score (nSPS) is 19.7. The van der Waals surface area contributed by atoms with Gasteiger partial charge in [-0.2, -0.15) is 0 Å². The van der Waals surface area contributed by atoms with Crippen LogP contribution < -0.4 is 0 Å². The fourth-order valence-corrected chi connectivity index (χ4v) is 2.08. The smallest absolute Gasteiger partial charge is 0.162 e. The molecule has 3 radical (unpaired) electrons. The first kappa shape index (κ1) is 9.20. The van der Waals surface area contributed by atoms with Gasteiger partial charge in [0, 0.05) is 5.92 Å². The van der Waals surface area contributed by atoms with Crippen LogP contribution in [-0.2, 0) is 4.74 Å². The number of hydrogen-bond donors (Lipinski definition) is 0. The average Bonchev–Trinajstić information content (AvgIpc) is 2.07. The van der Waals surface area contributed by atoms with E-state index in [1.54, 1.807) is 0 Å². The van der Waals surface area contributed by atoms with E-state index in [1.165, 1.54) is 32.1 Å². The maximum Gasteiger partial charge on any atom is 0.162 e. The second-order valence-electron chi connectivity index (χ2n) is 2.94. The second kappa shape index (κ2) is 4.88. The number of thiocarbonyl (C=S) groups is 1. The number of ether oxygens (including phenoxy) is 1. The van der Waals surface area contributed by atoms with Crippen LogP contribution in [0.5, 0.6) is 0 Å². The summed E-state index contributed by atoms with van der Waals surface area (Å²) in [6.45, 7) is 0. The van der Waals surface area contributed by atoms with E-state index in [0.29, 0.717) is 12.1 Å². The Balaban J connectivity index is 2.27. The quantitative estimate of drug-likeness (QED) is 0.481. The van der Waals surface area contributed by atoms with Crippen LogP contribution in [0.1, 0.15) is 32.1 Å². The van der Waals surface area contributed by atoms with Gasteiger partial charge < -0.3 is 4.74 Å². The van der Waals surface area contributed by atoms with Crippen molar-refractivity contribution < 1.29 is 4.74 Å². The topological polar surface area (TPSA) is 9.23 Å². The molecule has 11 heavy (non-hydrogen) atoms. The minimum absolute atomic E-state index is 0.537. The van der Waals surface area contributed by atoms with E-state index in [-0.39, 0.29) is 0 Å². The minimum Gasteiger partial charge on any atom is -0.491 e. The van der Waals surface area contributed by atoms with Gasteiger partial charge in [0.05, 0.1) is 16.5 Å². The largest absolute Gasteiger partial charge is 0.491 e. The summed E-state index contributed by atoms with van der Waals surface area (Å²) in [5.41, 5.74) is 0. The zero-order valence-corrected chi connectivity index (χ0v) is 8.45. The Labute approximate surface area is 76.9 Å². The van der Waals surface area contributed by atoms with Gasteiger partial charge in [0.2, 0.25) is 0 Å². The summed E-state index contributed by atoms with van der Waals surface area (Å²) in [5, 5.41) is 0.805. The highest BCUT2D eigenvalue weighted by Crippen LogP contribution is 2.25. The van der Waals surface area contributed by atoms with Crippen molar-refractivity contribution in [1.82, 2.24) is 0 Å². The molecule has 1 aliphatic carbocycles. The Morgan fingerprint density at radius 3 is 2.55 bits per heavy atom. The van der Waals surface area contributed by atoms with Crippen LogP contribution in [0.4, 0.5) is 0 Å². The number of rotatable bonds is 2. The maximum absolute atomic E-state index is 5.23. The van der Waals surface area contributed by atoms with Crippen molar-refractivity contribution in [1.29, 1.82) is 0 Å². The van der Waals surface area contributed by atoms with E-state index in [0.717, 1.165) is 5.05 Å². The molecule has 1 saturated carbocycles. The SMILES string of the molecule is [Si]COC(=S)C1CCCCC1. The summed E-state index contributed by atoms with van der Waals surface area (Å²) in [7, 11) is 3.25. The predicted octanol–water partition coefficient (Wildman–Crippen LogP) is 2.04. The molecule has 1 rings (SSSR count). The van der Waals surface area contributed by atoms with Crippen molar-refractivity contribution in [2.45, 2.75) is 32.1 Å². The van der Waals surface area contributed by atoms with Gasteiger partial charge in [0.15, 0.2) is 5.05 Å². The summed E-state index contributed by atoms with van der Waals surface area (Å²) in [6.07, 6.45) is 6.99. The van der Waals surface area contributed by atoms with Crippen LogP contribution in [0.2, 0.25) is 0 Å². The summed E-state index contributed by atoms with van der Waals surface area (Å²) in [5.74, 6) is 0.551. The highest BCUT2D eigenvalue weighted by Gasteiger charge is 2.18. The molecule has 0 atom stereocenters. The molecule has 0 saturated heterocycles. The first-order valence-corrected chi connectivity index (χ1v) is 5.27. The first-order valence-electron chi connectivity index (χ1n) is 4.16. The van der Waals surface area contributed by atoms with Crippen LogP contribution in [0.3, 0.4) is 0 Å². The molecule has 0 aromatic rings. The van der Waals surface area contributed by atoms with Gasteiger partial charge in [-0.15, -0.1) is 0 Å². The van der Waals surface area contributed by atoms with Crippen LogP contribution in [-0.4, -0.2) is 21.5 Å². The lowest BCUT2D eigenvalue weighted by atomic mass is 9.90. The molecule has 3 heteroatoms. The van der Waals surface area contributed by atoms with Crippen LogP contribution in [0, 0.1) is 5.92 Å². The summed E-state index contributed by atoms with van der Waals surface area (Å²) in [4.78, 5) is 0. The van der Waals surface area contributed by atoms with E-state index in [1.807, 2.05) is 0 Å². The monoisotopic (exact) mass is 185 g/mol. The van der Waals surface area contributed by atoms with Crippen LogP contribution in [0.25, 0.3) is 0 Å². The lowest BCUT2D eigenvalue weighted by Gasteiger charge is -2.21. The molecular weight excluding hydrogens is 172 g/mol. The van der Waals surface area contributed by atoms with Crippen molar-refractivity contribution in [2.24, 2.45) is 5.92 Å². The number of hydrogen-bond acceptors (Lipinski definition) is 2. The van der Waals surface area contributed by atoms with Gasteiger partial charge in [-0.3, -0.25) is 0 Å².